The topological polar surface area (TPSA) is 59.6 Å². The Bertz CT molecular complexity index is 679. The predicted molar refractivity (Wildman–Crippen MR) is 94.7 cm³/mol. The predicted octanol–water partition coefficient (Wildman–Crippen LogP) is 2.64. The van der Waals surface area contributed by atoms with Gasteiger partial charge in [-0.3, -0.25) is 4.90 Å². The highest BCUT2D eigenvalue weighted by atomic mass is 16.5. The number of rotatable bonds is 4. The molecule has 0 bridgehead atoms. The molecular formula is C19H25N3O3. The van der Waals surface area contributed by atoms with Crippen LogP contribution in [0, 0.1) is 0 Å². The van der Waals surface area contributed by atoms with Gasteiger partial charge in [-0.2, -0.15) is 0 Å². The second-order valence-electron chi connectivity index (χ2n) is 6.58. The summed E-state index contributed by atoms with van der Waals surface area (Å²) in [6.45, 7) is 4.13. The minimum atomic E-state index is 0.184. The molecule has 0 aliphatic carbocycles. The molecule has 0 saturated carbocycles. The fourth-order valence-corrected chi connectivity index (χ4v) is 3.73. The third kappa shape index (κ3) is 3.56. The number of nitrogens with zero attached hydrogens (tertiary/aromatic N) is 2. The van der Waals surface area contributed by atoms with E-state index in [0.717, 1.165) is 62.0 Å². The Balaban J connectivity index is 1.54. The van der Waals surface area contributed by atoms with Crippen LogP contribution in [0.4, 0.5) is 0 Å². The summed E-state index contributed by atoms with van der Waals surface area (Å²) in [7, 11) is 1.68. The zero-order chi connectivity index (χ0) is 17.1. The van der Waals surface area contributed by atoms with Crippen molar-refractivity contribution in [3.8, 4) is 17.0 Å². The van der Waals surface area contributed by atoms with Gasteiger partial charge in [0.25, 0.3) is 0 Å². The minimum absolute atomic E-state index is 0.184. The maximum Gasteiger partial charge on any atom is 0.126 e. The maximum absolute atomic E-state index is 5.75. The van der Waals surface area contributed by atoms with Crippen LogP contribution in [-0.2, 0) is 9.47 Å². The van der Waals surface area contributed by atoms with Crippen molar-refractivity contribution in [3.63, 3.8) is 0 Å². The highest BCUT2D eigenvalue weighted by Crippen LogP contribution is 2.30. The van der Waals surface area contributed by atoms with Crippen LogP contribution in [0.2, 0.25) is 0 Å². The molecule has 3 heterocycles. The molecule has 0 amide bonds. The maximum atomic E-state index is 5.75. The number of morpholine rings is 1. The molecule has 0 radical (unpaired) electrons. The van der Waals surface area contributed by atoms with Crippen LogP contribution in [0.5, 0.6) is 5.75 Å². The van der Waals surface area contributed by atoms with E-state index >= 15 is 0 Å². The van der Waals surface area contributed by atoms with E-state index in [-0.39, 0.29) is 6.04 Å². The molecule has 1 N–H and O–H groups in total. The Morgan fingerprint density at radius 1 is 1.12 bits per heavy atom. The van der Waals surface area contributed by atoms with Gasteiger partial charge in [0.15, 0.2) is 0 Å². The number of aromatic amines is 1. The average Bonchev–Trinajstić information content (AvgIpc) is 3.19. The Morgan fingerprint density at radius 3 is 2.68 bits per heavy atom. The number of benzene rings is 1. The van der Waals surface area contributed by atoms with Crippen LogP contribution in [-0.4, -0.2) is 61.0 Å². The summed E-state index contributed by atoms with van der Waals surface area (Å²) in [5.41, 5.74) is 2.13. The second kappa shape index (κ2) is 7.56. The van der Waals surface area contributed by atoms with Crippen molar-refractivity contribution in [2.24, 2.45) is 0 Å². The largest absolute Gasteiger partial charge is 0.497 e. The summed E-state index contributed by atoms with van der Waals surface area (Å²) in [4.78, 5) is 10.7. The van der Waals surface area contributed by atoms with Gasteiger partial charge in [0, 0.05) is 25.8 Å². The van der Waals surface area contributed by atoms with E-state index in [1.54, 1.807) is 7.11 Å². The van der Waals surface area contributed by atoms with E-state index in [9.17, 15) is 0 Å². The first-order valence-electron chi connectivity index (χ1n) is 8.95. The zero-order valence-corrected chi connectivity index (χ0v) is 14.6. The molecular weight excluding hydrogens is 318 g/mol. The molecule has 6 heteroatoms. The summed E-state index contributed by atoms with van der Waals surface area (Å²) in [5.74, 6) is 1.84. The van der Waals surface area contributed by atoms with E-state index in [0.29, 0.717) is 12.6 Å². The molecule has 1 aromatic heterocycles. The normalized spacial score (nSPS) is 22.8. The van der Waals surface area contributed by atoms with Crippen LogP contribution in [0.1, 0.15) is 24.7 Å². The number of hydrogen-bond donors (Lipinski definition) is 1. The molecule has 4 rings (SSSR count). The summed E-state index contributed by atoms with van der Waals surface area (Å²) in [6, 6.07) is 8.76. The van der Waals surface area contributed by atoms with Crippen molar-refractivity contribution in [2.75, 3.05) is 40.1 Å². The zero-order valence-electron chi connectivity index (χ0n) is 14.6. The first kappa shape index (κ1) is 16.6. The van der Waals surface area contributed by atoms with Gasteiger partial charge in [0.1, 0.15) is 11.6 Å². The molecule has 2 fully saturated rings. The first-order valence-corrected chi connectivity index (χ1v) is 8.95. The second-order valence-corrected chi connectivity index (χ2v) is 6.58. The van der Waals surface area contributed by atoms with Crippen LogP contribution >= 0.6 is 0 Å². The molecule has 0 spiro atoms. The Morgan fingerprint density at radius 2 is 1.92 bits per heavy atom. The molecule has 25 heavy (non-hydrogen) atoms. The smallest absolute Gasteiger partial charge is 0.126 e. The van der Waals surface area contributed by atoms with Crippen LogP contribution < -0.4 is 4.74 Å². The SMILES string of the molecule is COc1ccc(-c2cnc(C3COCCN3C3CCOCC3)[nH]2)cc1. The first-order chi connectivity index (χ1) is 12.3. The number of methoxy groups -OCH3 is 1. The van der Waals surface area contributed by atoms with E-state index in [2.05, 4.69) is 14.9 Å². The van der Waals surface area contributed by atoms with Crippen LogP contribution in [0.25, 0.3) is 11.3 Å². The van der Waals surface area contributed by atoms with Crippen molar-refractivity contribution in [2.45, 2.75) is 24.9 Å². The van der Waals surface area contributed by atoms with Gasteiger partial charge in [-0.05, 0) is 42.7 Å². The summed E-state index contributed by atoms with van der Waals surface area (Å²) in [5, 5.41) is 0. The summed E-state index contributed by atoms with van der Waals surface area (Å²) in [6.07, 6.45) is 4.08. The molecule has 2 aliphatic heterocycles. The molecule has 1 unspecified atom stereocenters. The van der Waals surface area contributed by atoms with Crippen molar-refractivity contribution in [1.29, 1.82) is 0 Å². The van der Waals surface area contributed by atoms with Gasteiger partial charge < -0.3 is 19.2 Å². The fourth-order valence-electron chi connectivity index (χ4n) is 3.73. The van der Waals surface area contributed by atoms with E-state index in [1.807, 2.05) is 30.5 Å². The molecule has 2 aromatic rings. The quantitative estimate of drug-likeness (QED) is 0.925. The van der Waals surface area contributed by atoms with Crippen LogP contribution in [0.15, 0.2) is 30.5 Å². The van der Waals surface area contributed by atoms with Gasteiger partial charge >= 0.3 is 0 Å². The van der Waals surface area contributed by atoms with Crippen molar-refractivity contribution in [1.82, 2.24) is 14.9 Å². The Labute approximate surface area is 148 Å². The van der Waals surface area contributed by atoms with Gasteiger partial charge in [0.05, 0.1) is 38.3 Å². The number of nitrogens with one attached hydrogen (secondary N) is 1. The highest BCUT2D eigenvalue weighted by Gasteiger charge is 2.33. The fraction of sp³-hybridized carbons (Fsp3) is 0.526. The molecule has 2 aliphatic rings. The molecule has 6 nitrogen and oxygen atoms in total. The van der Waals surface area contributed by atoms with Crippen molar-refractivity contribution < 1.29 is 14.2 Å². The van der Waals surface area contributed by atoms with E-state index < -0.39 is 0 Å². The number of H-pyrrole nitrogens is 1. The molecule has 2 saturated heterocycles. The minimum Gasteiger partial charge on any atom is -0.497 e. The Hall–Kier alpha value is -1.89. The molecule has 1 atom stereocenters. The van der Waals surface area contributed by atoms with Crippen molar-refractivity contribution in [3.05, 3.63) is 36.3 Å². The lowest BCUT2D eigenvalue weighted by atomic mass is 10.0. The molecule has 134 valence electrons. The van der Waals surface area contributed by atoms with Gasteiger partial charge in [-0.1, -0.05) is 0 Å². The number of aromatic nitrogens is 2. The van der Waals surface area contributed by atoms with Gasteiger partial charge in [-0.15, -0.1) is 0 Å². The van der Waals surface area contributed by atoms with E-state index in [4.69, 9.17) is 14.2 Å². The van der Waals surface area contributed by atoms with Crippen molar-refractivity contribution >= 4 is 0 Å². The highest BCUT2D eigenvalue weighted by molar-refractivity contribution is 5.59. The van der Waals surface area contributed by atoms with Gasteiger partial charge in [-0.25, -0.2) is 4.98 Å². The summed E-state index contributed by atoms with van der Waals surface area (Å²) >= 11 is 0. The van der Waals surface area contributed by atoms with Gasteiger partial charge in [0.2, 0.25) is 0 Å². The lowest BCUT2D eigenvalue weighted by Gasteiger charge is -2.41. The lowest BCUT2D eigenvalue weighted by Crippen LogP contribution is -2.48. The van der Waals surface area contributed by atoms with Crippen LogP contribution in [0.3, 0.4) is 0 Å². The standard InChI is InChI=1S/C19H25N3O3/c1-23-16-4-2-14(3-5-16)17-12-20-19(21-17)18-13-25-11-8-22(18)15-6-9-24-10-7-15/h2-5,12,15,18H,6-11,13H2,1H3,(H,20,21). The number of imidazole rings is 1. The number of hydrogen-bond acceptors (Lipinski definition) is 5. The third-order valence-electron chi connectivity index (χ3n) is 5.14. The average molecular weight is 343 g/mol. The lowest BCUT2D eigenvalue weighted by molar-refractivity contribution is -0.0589. The Kier molecular flexibility index (Phi) is 5.01. The van der Waals surface area contributed by atoms with E-state index in [1.165, 1.54) is 0 Å². The molecule has 1 aromatic carbocycles. The number of ether oxygens (including phenoxy) is 3. The monoisotopic (exact) mass is 343 g/mol. The summed E-state index contributed by atoms with van der Waals surface area (Å²) < 4.78 is 16.5. The third-order valence-corrected chi connectivity index (χ3v) is 5.14.